The van der Waals surface area contributed by atoms with Gasteiger partial charge in [0, 0.05) is 24.3 Å². The van der Waals surface area contributed by atoms with Gasteiger partial charge in [0.2, 0.25) is 0 Å². The first-order valence-electron chi connectivity index (χ1n) is 6.24. The number of aliphatic imine (C=N–C) groups is 1. The molecule has 0 aliphatic carbocycles. The molecule has 1 aromatic rings. The molecule has 0 saturated heterocycles. The van der Waals surface area contributed by atoms with Crippen molar-refractivity contribution < 1.29 is 0 Å². The van der Waals surface area contributed by atoms with Crippen LogP contribution in [0.15, 0.2) is 23.2 Å². The summed E-state index contributed by atoms with van der Waals surface area (Å²) in [4.78, 5) is 6.87. The van der Waals surface area contributed by atoms with Crippen LogP contribution in [0.5, 0.6) is 0 Å². The van der Waals surface area contributed by atoms with Gasteiger partial charge in [-0.2, -0.15) is 0 Å². The van der Waals surface area contributed by atoms with Gasteiger partial charge in [0.15, 0.2) is 0 Å². The molecule has 2 aliphatic heterocycles. The first kappa shape index (κ1) is 10.6. The molecule has 2 heterocycles. The predicted molar refractivity (Wildman–Crippen MR) is 70.3 cm³/mol. The minimum Gasteiger partial charge on any atom is -0.371 e. The van der Waals surface area contributed by atoms with E-state index in [-0.39, 0.29) is 0 Å². The van der Waals surface area contributed by atoms with E-state index in [0.717, 1.165) is 44.0 Å². The molecular weight excluding hydrogens is 212 g/mol. The Bertz CT molecular complexity index is 466. The van der Waals surface area contributed by atoms with E-state index in [1.807, 2.05) is 0 Å². The molecule has 2 aliphatic rings. The van der Waals surface area contributed by atoms with E-state index >= 15 is 0 Å². The lowest BCUT2D eigenvalue weighted by atomic mass is 10.1. The molecule has 0 aromatic heterocycles. The maximum Gasteiger partial charge on any atom is 0.145 e. The van der Waals surface area contributed by atoms with Crippen LogP contribution in [-0.2, 0) is 6.42 Å². The Morgan fingerprint density at radius 3 is 2.94 bits per heavy atom. The zero-order valence-corrected chi connectivity index (χ0v) is 10.2. The van der Waals surface area contributed by atoms with E-state index in [1.54, 1.807) is 5.01 Å². The number of anilines is 1. The molecule has 17 heavy (non-hydrogen) atoms. The van der Waals surface area contributed by atoms with E-state index in [4.69, 9.17) is 5.84 Å². The van der Waals surface area contributed by atoms with Crippen LogP contribution < -0.4 is 10.7 Å². The Balaban J connectivity index is 1.95. The topological polar surface area (TPSA) is 44.9 Å². The Labute approximate surface area is 102 Å². The van der Waals surface area contributed by atoms with Crippen LogP contribution in [0.1, 0.15) is 18.1 Å². The fourth-order valence-corrected chi connectivity index (χ4v) is 2.66. The Kier molecular flexibility index (Phi) is 2.52. The number of hydrogen-bond acceptors (Lipinski definition) is 4. The van der Waals surface area contributed by atoms with Gasteiger partial charge in [-0.05, 0) is 37.1 Å². The molecule has 4 heteroatoms. The van der Waals surface area contributed by atoms with E-state index in [2.05, 4.69) is 35.0 Å². The van der Waals surface area contributed by atoms with Crippen molar-refractivity contribution in [2.45, 2.75) is 13.3 Å². The largest absolute Gasteiger partial charge is 0.371 e. The molecule has 0 saturated carbocycles. The van der Waals surface area contributed by atoms with Crippen LogP contribution in [0.4, 0.5) is 5.69 Å². The number of rotatable bonds is 2. The van der Waals surface area contributed by atoms with Gasteiger partial charge in [-0.1, -0.05) is 0 Å². The number of fused-ring (bicyclic) bond motifs is 1. The highest BCUT2D eigenvalue weighted by Gasteiger charge is 2.21. The minimum absolute atomic E-state index is 0.810. The highest BCUT2D eigenvalue weighted by atomic mass is 15.5. The molecule has 0 bridgehead atoms. The summed E-state index contributed by atoms with van der Waals surface area (Å²) < 4.78 is 0. The average Bonchev–Trinajstić information content (AvgIpc) is 2.93. The summed E-state index contributed by atoms with van der Waals surface area (Å²) >= 11 is 0. The SMILES string of the molecule is CCN1CCc2cc(C3=NCCN3N)ccc21. The van der Waals surface area contributed by atoms with Gasteiger partial charge in [0.1, 0.15) is 5.84 Å². The monoisotopic (exact) mass is 230 g/mol. The summed E-state index contributed by atoms with van der Waals surface area (Å²) in [5.74, 6) is 6.83. The Hall–Kier alpha value is -1.55. The number of likely N-dealkylation sites (N-methyl/N-ethyl adjacent to an activating group) is 1. The third-order valence-electron chi connectivity index (χ3n) is 3.59. The summed E-state index contributed by atoms with van der Waals surface area (Å²) in [5, 5.41) is 1.74. The number of amidine groups is 1. The third-order valence-corrected chi connectivity index (χ3v) is 3.59. The van der Waals surface area contributed by atoms with Crippen molar-refractivity contribution in [1.82, 2.24) is 5.01 Å². The molecular formula is C13H18N4. The summed E-state index contributed by atoms with van der Waals surface area (Å²) in [6, 6.07) is 6.58. The average molecular weight is 230 g/mol. The summed E-state index contributed by atoms with van der Waals surface area (Å²) in [6.07, 6.45) is 1.13. The quantitative estimate of drug-likeness (QED) is 0.771. The molecule has 90 valence electrons. The molecule has 0 radical (unpaired) electrons. The van der Waals surface area contributed by atoms with Gasteiger partial charge in [0.25, 0.3) is 0 Å². The predicted octanol–water partition coefficient (Wildman–Crippen LogP) is 1.00. The molecule has 0 atom stereocenters. The molecule has 4 nitrogen and oxygen atoms in total. The number of benzene rings is 1. The maximum absolute atomic E-state index is 5.90. The molecule has 0 amide bonds. The van der Waals surface area contributed by atoms with E-state index in [0.29, 0.717) is 0 Å². The molecule has 3 rings (SSSR count). The van der Waals surface area contributed by atoms with Crippen LogP contribution in [0.2, 0.25) is 0 Å². The number of hydrazine groups is 1. The summed E-state index contributed by atoms with van der Waals surface area (Å²) in [7, 11) is 0. The second kappa shape index (κ2) is 4.04. The highest BCUT2D eigenvalue weighted by Crippen LogP contribution is 2.29. The Morgan fingerprint density at radius 2 is 2.24 bits per heavy atom. The fraction of sp³-hybridized carbons (Fsp3) is 0.462. The maximum atomic E-state index is 5.90. The van der Waals surface area contributed by atoms with Crippen LogP contribution in [0.3, 0.4) is 0 Å². The van der Waals surface area contributed by atoms with Gasteiger partial charge >= 0.3 is 0 Å². The molecule has 2 N–H and O–H groups in total. The van der Waals surface area contributed by atoms with Crippen LogP contribution in [-0.4, -0.2) is 37.0 Å². The van der Waals surface area contributed by atoms with Crippen LogP contribution in [0.25, 0.3) is 0 Å². The van der Waals surface area contributed by atoms with Gasteiger partial charge in [-0.15, -0.1) is 0 Å². The molecule has 0 unspecified atom stereocenters. The standard InChI is InChI=1S/C13H18N4/c1-2-16-7-5-10-9-11(3-4-12(10)16)13-15-6-8-17(13)14/h3-4,9H,2,5-8,14H2,1H3. The minimum atomic E-state index is 0.810. The van der Waals surface area contributed by atoms with Crippen LogP contribution in [0, 0.1) is 0 Å². The summed E-state index contributed by atoms with van der Waals surface area (Å²) in [5.41, 5.74) is 3.95. The smallest absolute Gasteiger partial charge is 0.145 e. The van der Waals surface area contributed by atoms with Crippen molar-refractivity contribution in [2.24, 2.45) is 10.8 Å². The third kappa shape index (κ3) is 1.69. The van der Waals surface area contributed by atoms with Crippen molar-refractivity contribution in [3.05, 3.63) is 29.3 Å². The lowest BCUT2D eigenvalue weighted by Gasteiger charge is -2.18. The first-order valence-corrected chi connectivity index (χ1v) is 6.24. The number of nitrogens with two attached hydrogens (primary N) is 1. The first-order chi connectivity index (χ1) is 8.29. The fourth-order valence-electron chi connectivity index (χ4n) is 2.66. The van der Waals surface area contributed by atoms with Crippen molar-refractivity contribution in [2.75, 3.05) is 31.1 Å². The highest BCUT2D eigenvalue weighted by molar-refractivity contribution is 6.00. The van der Waals surface area contributed by atoms with E-state index in [1.165, 1.54) is 11.3 Å². The van der Waals surface area contributed by atoms with E-state index < -0.39 is 0 Å². The van der Waals surface area contributed by atoms with Crippen molar-refractivity contribution in [1.29, 1.82) is 0 Å². The number of hydrogen-bond donors (Lipinski definition) is 1. The second-order valence-corrected chi connectivity index (χ2v) is 4.57. The lowest BCUT2D eigenvalue weighted by molar-refractivity contribution is 0.484. The van der Waals surface area contributed by atoms with Gasteiger partial charge < -0.3 is 4.90 Å². The van der Waals surface area contributed by atoms with Crippen molar-refractivity contribution in [3.8, 4) is 0 Å². The zero-order valence-electron chi connectivity index (χ0n) is 10.2. The van der Waals surface area contributed by atoms with Crippen LogP contribution >= 0.6 is 0 Å². The van der Waals surface area contributed by atoms with E-state index in [9.17, 15) is 0 Å². The normalized spacial score (nSPS) is 18.6. The Morgan fingerprint density at radius 1 is 1.35 bits per heavy atom. The van der Waals surface area contributed by atoms with Crippen molar-refractivity contribution in [3.63, 3.8) is 0 Å². The van der Waals surface area contributed by atoms with Gasteiger partial charge in [0.05, 0.1) is 13.1 Å². The van der Waals surface area contributed by atoms with Crippen molar-refractivity contribution >= 4 is 11.5 Å². The second-order valence-electron chi connectivity index (χ2n) is 4.57. The molecule has 0 fully saturated rings. The zero-order chi connectivity index (χ0) is 11.8. The number of nitrogens with zero attached hydrogens (tertiary/aromatic N) is 3. The summed E-state index contributed by atoms with van der Waals surface area (Å²) in [6.45, 7) is 6.05. The van der Waals surface area contributed by atoms with Gasteiger partial charge in [-0.3, -0.25) is 10.0 Å². The molecule has 0 spiro atoms. The van der Waals surface area contributed by atoms with Gasteiger partial charge in [-0.25, -0.2) is 5.84 Å². The lowest BCUT2D eigenvalue weighted by Crippen LogP contribution is -2.34. The molecule has 1 aromatic carbocycles.